The summed E-state index contributed by atoms with van der Waals surface area (Å²) in [6.07, 6.45) is 0.452. The maximum Gasteiger partial charge on any atom is 0.222 e. The molecule has 1 aromatic carbocycles. The smallest absolute Gasteiger partial charge is 0.222 e. The molecule has 0 fully saturated rings. The summed E-state index contributed by atoms with van der Waals surface area (Å²) >= 11 is 1.72. The fourth-order valence-electron chi connectivity index (χ4n) is 2.63. The number of carbonyl (C=O) groups excluding carboxylic acids is 1. The second kappa shape index (κ2) is 10.7. The van der Waals surface area contributed by atoms with E-state index in [4.69, 9.17) is 5.73 Å². The molecule has 27 heavy (non-hydrogen) atoms. The number of primary amides is 1. The number of guanidine groups is 1. The molecule has 1 heterocycles. The van der Waals surface area contributed by atoms with Crippen LogP contribution in [0.1, 0.15) is 30.2 Å². The average Bonchev–Trinajstić information content (AvgIpc) is 3.18. The summed E-state index contributed by atoms with van der Waals surface area (Å²) in [5.41, 5.74) is 6.42. The molecule has 0 aliphatic rings. The number of aliphatic imine (C=N–C) groups is 1. The number of halogens is 1. The van der Waals surface area contributed by atoms with Gasteiger partial charge in [0.1, 0.15) is 5.82 Å². The van der Waals surface area contributed by atoms with Crippen molar-refractivity contribution in [1.82, 2.24) is 10.6 Å². The molecule has 1 amide bonds. The second-order valence-electron chi connectivity index (χ2n) is 6.45. The van der Waals surface area contributed by atoms with Crippen molar-refractivity contribution in [2.24, 2.45) is 16.6 Å². The van der Waals surface area contributed by atoms with E-state index in [1.54, 1.807) is 23.5 Å². The molecule has 2 rings (SSSR count). The summed E-state index contributed by atoms with van der Waals surface area (Å²) in [7, 11) is 0. The molecule has 0 aliphatic heterocycles. The van der Waals surface area contributed by atoms with Gasteiger partial charge in [-0.3, -0.25) is 9.79 Å². The Hall–Kier alpha value is -2.41. The minimum Gasteiger partial charge on any atom is -0.369 e. The van der Waals surface area contributed by atoms with Crippen LogP contribution in [-0.2, 0) is 11.2 Å². The molecule has 146 valence electrons. The predicted molar refractivity (Wildman–Crippen MR) is 110 cm³/mol. The van der Waals surface area contributed by atoms with Gasteiger partial charge in [-0.15, -0.1) is 11.3 Å². The SMILES string of the molecule is CCNC(=NCC(C)c1cccs1)NCC(Cc1ccc(F)cc1)C(N)=O. The van der Waals surface area contributed by atoms with Crippen molar-refractivity contribution < 1.29 is 9.18 Å². The van der Waals surface area contributed by atoms with Crippen LogP contribution in [-0.4, -0.2) is 31.5 Å². The van der Waals surface area contributed by atoms with Gasteiger partial charge < -0.3 is 16.4 Å². The molecule has 1 aromatic heterocycles. The maximum absolute atomic E-state index is 13.0. The van der Waals surface area contributed by atoms with Crippen LogP contribution < -0.4 is 16.4 Å². The number of benzene rings is 1. The van der Waals surface area contributed by atoms with Gasteiger partial charge in [0.15, 0.2) is 5.96 Å². The van der Waals surface area contributed by atoms with Crippen LogP contribution >= 0.6 is 11.3 Å². The zero-order valence-corrected chi connectivity index (χ0v) is 16.6. The van der Waals surface area contributed by atoms with Crippen molar-refractivity contribution in [3.05, 3.63) is 58.0 Å². The Morgan fingerprint density at radius 3 is 2.59 bits per heavy atom. The molecule has 2 unspecified atom stereocenters. The number of thiophene rings is 1. The lowest BCUT2D eigenvalue weighted by Crippen LogP contribution is -2.43. The number of nitrogens with zero attached hydrogens (tertiary/aromatic N) is 1. The highest BCUT2D eigenvalue weighted by Gasteiger charge is 2.17. The predicted octanol–water partition coefficient (Wildman–Crippen LogP) is 2.89. The van der Waals surface area contributed by atoms with Gasteiger partial charge in [0.25, 0.3) is 0 Å². The van der Waals surface area contributed by atoms with Crippen LogP contribution in [0.4, 0.5) is 4.39 Å². The van der Waals surface area contributed by atoms with Gasteiger partial charge in [0.2, 0.25) is 5.91 Å². The van der Waals surface area contributed by atoms with Gasteiger partial charge in [-0.05, 0) is 42.5 Å². The first kappa shape index (κ1) is 20.9. The monoisotopic (exact) mass is 390 g/mol. The number of nitrogens with one attached hydrogen (secondary N) is 2. The van der Waals surface area contributed by atoms with E-state index in [0.29, 0.717) is 31.4 Å². The summed E-state index contributed by atoms with van der Waals surface area (Å²) in [5, 5.41) is 8.45. The quantitative estimate of drug-likeness (QED) is 0.455. The zero-order chi connectivity index (χ0) is 19.6. The third kappa shape index (κ3) is 7.02. The third-order valence-corrected chi connectivity index (χ3v) is 5.31. The van der Waals surface area contributed by atoms with E-state index in [0.717, 1.165) is 12.1 Å². The topological polar surface area (TPSA) is 79.5 Å². The molecule has 5 nitrogen and oxygen atoms in total. The van der Waals surface area contributed by atoms with Gasteiger partial charge in [0.05, 0.1) is 12.5 Å². The van der Waals surface area contributed by atoms with Gasteiger partial charge >= 0.3 is 0 Å². The van der Waals surface area contributed by atoms with E-state index in [1.807, 2.05) is 13.0 Å². The largest absolute Gasteiger partial charge is 0.369 e. The van der Waals surface area contributed by atoms with Crippen LogP contribution in [0.2, 0.25) is 0 Å². The highest BCUT2D eigenvalue weighted by Crippen LogP contribution is 2.20. The molecule has 0 spiro atoms. The normalized spacial score (nSPS) is 13.8. The van der Waals surface area contributed by atoms with E-state index in [1.165, 1.54) is 17.0 Å². The number of nitrogens with two attached hydrogens (primary N) is 1. The van der Waals surface area contributed by atoms with Crippen LogP contribution in [0.5, 0.6) is 0 Å². The van der Waals surface area contributed by atoms with Gasteiger partial charge in [-0.25, -0.2) is 4.39 Å². The van der Waals surface area contributed by atoms with Crippen LogP contribution in [0.25, 0.3) is 0 Å². The lowest BCUT2D eigenvalue weighted by atomic mass is 9.98. The Bertz CT molecular complexity index is 731. The summed E-state index contributed by atoms with van der Waals surface area (Å²) in [4.78, 5) is 17.7. The van der Waals surface area contributed by atoms with Crippen LogP contribution in [0.3, 0.4) is 0 Å². The lowest BCUT2D eigenvalue weighted by Gasteiger charge is -2.17. The average molecular weight is 391 g/mol. The molecule has 0 radical (unpaired) electrons. The highest BCUT2D eigenvalue weighted by atomic mass is 32.1. The minimum atomic E-state index is -0.408. The van der Waals surface area contributed by atoms with Crippen molar-refractivity contribution in [2.45, 2.75) is 26.2 Å². The second-order valence-corrected chi connectivity index (χ2v) is 7.43. The molecule has 4 N–H and O–H groups in total. The summed E-state index contributed by atoms with van der Waals surface area (Å²) < 4.78 is 13.0. The van der Waals surface area contributed by atoms with Gasteiger partial charge in [0, 0.05) is 23.9 Å². The first-order chi connectivity index (χ1) is 13.0. The van der Waals surface area contributed by atoms with Crippen molar-refractivity contribution in [2.75, 3.05) is 19.6 Å². The number of rotatable bonds is 9. The number of hydrogen-bond acceptors (Lipinski definition) is 3. The Labute approximate surface area is 163 Å². The van der Waals surface area contributed by atoms with E-state index >= 15 is 0 Å². The molecular weight excluding hydrogens is 363 g/mol. The van der Waals surface area contributed by atoms with Gasteiger partial charge in [-0.1, -0.05) is 25.1 Å². The summed E-state index contributed by atoms with van der Waals surface area (Å²) in [5.74, 6) is -0.115. The Balaban J connectivity index is 1.95. The molecular formula is C20H27FN4OS. The van der Waals surface area contributed by atoms with Crippen molar-refractivity contribution in [1.29, 1.82) is 0 Å². The van der Waals surface area contributed by atoms with E-state index in [2.05, 4.69) is 34.0 Å². The van der Waals surface area contributed by atoms with Gasteiger partial charge in [-0.2, -0.15) is 0 Å². The molecule has 0 saturated carbocycles. The zero-order valence-electron chi connectivity index (χ0n) is 15.7. The molecule has 0 bridgehead atoms. The van der Waals surface area contributed by atoms with E-state index < -0.39 is 11.8 Å². The first-order valence-corrected chi connectivity index (χ1v) is 9.97. The highest BCUT2D eigenvalue weighted by molar-refractivity contribution is 7.10. The number of amides is 1. The van der Waals surface area contributed by atoms with Crippen LogP contribution in [0.15, 0.2) is 46.8 Å². The standard InChI is InChI=1S/C20H27FN4OS/c1-3-23-20(24-12-14(2)18-5-4-10-27-18)25-13-16(19(22)26)11-15-6-8-17(21)9-7-15/h4-10,14,16H,3,11-13H2,1-2H3,(H2,22,26)(H2,23,24,25). The van der Waals surface area contributed by atoms with Crippen molar-refractivity contribution in [3.8, 4) is 0 Å². The summed E-state index contributed by atoms with van der Waals surface area (Å²) in [6, 6.07) is 10.3. The fourth-order valence-corrected chi connectivity index (χ4v) is 3.41. The Morgan fingerprint density at radius 2 is 2.00 bits per heavy atom. The molecule has 2 atom stereocenters. The Morgan fingerprint density at radius 1 is 1.26 bits per heavy atom. The molecule has 0 saturated heterocycles. The fraction of sp³-hybridized carbons (Fsp3) is 0.400. The minimum absolute atomic E-state index is 0.297. The van der Waals surface area contributed by atoms with E-state index in [9.17, 15) is 9.18 Å². The molecule has 0 aliphatic carbocycles. The maximum atomic E-state index is 13.0. The Kier molecular flexibility index (Phi) is 8.26. The molecule has 2 aromatic rings. The van der Waals surface area contributed by atoms with Crippen molar-refractivity contribution in [3.63, 3.8) is 0 Å². The number of hydrogen-bond donors (Lipinski definition) is 3. The first-order valence-electron chi connectivity index (χ1n) is 9.09. The third-order valence-electron chi connectivity index (χ3n) is 4.21. The lowest BCUT2D eigenvalue weighted by molar-refractivity contribution is -0.121. The molecule has 7 heteroatoms. The van der Waals surface area contributed by atoms with E-state index in [-0.39, 0.29) is 5.82 Å². The van der Waals surface area contributed by atoms with Crippen LogP contribution in [0, 0.1) is 11.7 Å². The van der Waals surface area contributed by atoms with Crippen molar-refractivity contribution >= 4 is 23.2 Å². The summed E-state index contributed by atoms with van der Waals surface area (Å²) in [6.45, 7) is 5.86. The number of carbonyl (C=O) groups is 1.